The monoisotopic (exact) mass is 764 g/mol. The minimum Gasteiger partial charge on any atom is -0.488 e. The van der Waals surface area contributed by atoms with Crippen LogP contribution in [0.25, 0.3) is 11.1 Å². The second-order valence-electron chi connectivity index (χ2n) is 14.7. The zero-order valence-electron chi connectivity index (χ0n) is 32.1. The molecule has 0 heterocycles. The molecule has 13 heteroatoms. The average molecular weight is 765 g/mol. The first kappa shape index (κ1) is 41.3. The van der Waals surface area contributed by atoms with Gasteiger partial charge in [0, 0.05) is 28.8 Å². The Bertz CT molecular complexity index is 1930. The summed E-state index contributed by atoms with van der Waals surface area (Å²) in [4.78, 5) is 21.9. The SMILES string of the molecule is CCC(C)(C)Oc1cc(-c2cc(C(C)(C)CC)cc(C(C)C)c2OPOc2cccc([N+](=O)[O-])c2)c(OPOc2cccc([N+](=O)[O-])c2)c(C(C)C)c1. The zero-order valence-corrected chi connectivity index (χ0v) is 34.1. The second-order valence-corrected chi connectivity index (χ2v) is 15.8. The fourth-order valence-electron chi connectivity index (χ4n) is 5.35. The molecule has 0 saturated carbocycles. The predicted octanol–water partition coefficient (Wildman–Crippen LogP) is 12.6. The van der Waals surface area contributed by atoms with Crippen molar-refractivity contribution in [1.82, 2.24) is 0 Å². The number of nitro benzene ring substituents is 2. The molecule has 0 saturated heterocycles. The van der Waals surface area contributed by atoms with E-state index >= 15 is 0 Å². The fraction of sp³-hybridized carbons (Fsp3) is 0.400. The van der Waals surface area contributed by atoms with Gasteiger partial charge < -0.3 is 22.8 Å². The van der Waals surface area contributed by atoms with E-state index in [1.54, 1.807) is 24.3 Å². The molecule has 0 aliphatic carbocycles. The van der Waals surface area contributed by atoms with Gasteiger partial charge in [-0.15, -0.1) is 0 Å². The second kappa shape index (κ2) is 17.6. The Morgan fingerprint density at radius 1 is 0.623 bits per heavy atom. The topological polar surface area (TPSA) is 132 Å². The van der Waals surface area contributed by atoms with Gasteiger partial charge in [-0.3, -0.25) is 20.2 Å². The fourth-order valence-corrected chi connectivity index (χ4v) is 6.50. The van der Waals surface area contributed by atoms with Crippen LogP contribution in [0.15, 0.2) is 72.8 Å². The third-order valence-electron chi connectivity index (χ3n) is 9.32. The highest BCUT2D eigenvalue weighted by Crippen LogP contribution is 2.50. The molecule has 0 radical (unpaired) electrons. The lowest BCUT2D eigenvalue weighted by atomic mass is 9.78. The Morgan fingerprint density at radius 3 is 1.53 bits per heavy atom. The van der Waals surface area contributed by atoms with Crippen LogP contribution in [0.1, 0.15) is 111 Å². The molecule has 0 amide bonds. The number of non-ortho nitro benzene ring substituents is 2. The smallest absolute Gasteiger partial charge is 0.275 e. The highest BCUT2D eigenvalue weighted by Gasteiger charge is 2.29. The van der Waals surface area contributed by atoms with Crippen molar-refractivity contribution in [3.05, 3.63) is 110 Å². The maximum atomic E-state index is 11.4. The summed E-state index contributed by atoms with van der Waals surface area (Å²) in [6.07, 6.45) is 1.66. The molecule has 0 bridgehead atoms. The number of nitrogens with zero attached hydrogens (tertiary/aromatic N) is 2. The highest BCUT2D eigenvalue weighted by molar-refractivity contribution is 7.27. The van der Waals surface area contributed by atoms with Gasteiger partial charge in [0.2, 0.25) is 0 Å². The lowest BCUT2D eigenvalue weighted by molar-refractivity contribution is -0.385. The third kappa shape index (κ3) is 10.6. The average Bonchev–Trinajstić information content (AvgIpc) is 3.11. The number of ether oxygens (including phenoxy) is 1. The summed E-state index contributed by atoms with van der Waals surface area (Å²) >= 11 is 0. The quantitative estimate of drug-likeness (QED) is 0.0551. The summed E-state index contributed by atoms with van der Waals surface area (Å²) < 4.78 is 31.6. The molecule has 0 aromatic heterocycles. The summed E-state index contributed by atoms with van der Waals surface area (Å²) in [5.41, 5.74) is 3.63. The van der Waals surface area contributed by atoms with Crippen molar-refractivity contribution in [3.8, 4) is 39.9 Å². The van der Waals surface area contributed by atoms with E-state index in [0.717, 1.165) is 40.7 Å². The maximum absolute atomic E-state index is 11.4. The van der Waals surface area contributed by atoms with Crippen molar-refractivity contribution in [2.75, 3.05) is 0 Å². The van der Waals surface area contributed by atoms with Crippen LogP contribution in [-0.4, -0.2) is 15.4 Å². The van der Waals surface area contributed by atoms with Crippen LogP contribution < -0.4 is 22.8 Å². The first-order chi connectivity index (χ1) is 25.0. The molecule has 4 rings (SSSR count). The molecule has 11 nitrogen and oxygen atoms in total. The van der Waals surface area contributed by atoms with Gasteiger partial charge in [0.1, 0.15) is 34.3 Å². The van der Waals surface area contributed by atoms with Crippen molar-refractivity contribution in [2.45, 2.75) is 105 Å². The summed E-state index contributed by atoms with van der Waals surface area (Å²) in [6, 6.07) is 20.3. The Kier molecular flexibility index (Phi) is 13.7. The molecule has 0 aliphatic heterocycles. The summed E-state index contributed by atoms with van der Waals surface area (Å²) in [6.45, 7) is 21.1. The van der Waals surface area contributed by atoms with Crippen LogP contribution in [0.4, 0.5) is 11.4 Å². The van der Waals surface area contributed by atoms with Crippen molar-refractivity contribution < 1.29 is 32.7 Å². The van der Waals surface area contributed by atoms with E-state index in [-0.39, 0.29) is 28.6 Å². The number of hydrogen-bond acceptors (Lipinski definition) is 9. The molecule has 0 spiro atoms. The van der Waals surface area contributed by atoms with Gasteiger partial charge in [-0.05, 0) is 85.4 Å². The first-order valence-corrected chi connectivity index (χ1v) is 19.3. The van der Waals surface area contributed by atoms with E-state index in [1.165, 1.54) is 24.3 Å². The van der Waals surface area contributed by atoms with Crippen LogP contribution in [0, 0.1) is 20.2 Å². The molecule has 0 N–H and O–H groups in total. The lowest BCUT2D eigenvalue weighted by Gasteiger charge is -2.30. The lowest BCUT2D eigenvalue weighted by Crippen LogP contribution is -2.26. The molecule has 2 atom stereocenters. The number of rotatable bonds is 18. The largest absolute Gasteiger partial charge is 0.488 e. The molecule has 0 fully saturated rings. The van der Waals surface area contributed by atoms with Gasteiger partial charge >= 0.3 is 0 Å². The molecule has 4 aromatic rings. The first-order valence-electron chi connectivity index (χ1n) is 17.7. The van der Waals surface area contributed by atoms with Crippen LogP contribution in [0.3, 0.4) is 0 Å². The van der Waals surface area contributed by atoms with E-state index in [4.69, 9.17) is 22.8 Å². The summed E-state index contributed by atoms with van der Waals surface area (Å²) in [7, 11) is -1.06. The standard InChI is InChI=1S/C40H50N2O9P2/c1-11-39(7,8)27-19-33(25(3)4)37(50-52-48-30-17-13-15-28(21-30)41(43)44)35(20-27)36-24-32(47-40(9,10)12-2)23-34(26(5)6)38(36)51-53-49-31-18-14-16-29(22-31)42(45)46/h13-26,52-53H,11-12H2,1-10H3. The Morgan fingerprint density at radius 2 is 1.09 bits per heavy atom. The minimum absolute atomic E-state index is 0.00272. The van der Waals surface area contributed by atoms with Gasteiger partial charge in [-0.25, -0.2) is 0 Å². The molecule has 4 aromatic carbocycles. The molecule has 0 aliphatic rings. The van der Waals surface area contributed by atoms with Gasteiger partial charge in [0.15, 0.2) is 0 Å². The number of hydrogen-bond donors (Lipinski definition) is 0. The van der Waals surface area contributed by atoms with Crippen LogP contribution in [0.5, 0.6) is 28.7 Å². The van der Waals surface area contributed by atoms with Crippen molar-refractivity contribution in [2.24, 2.45) is 0 Å². The normalized spacial score (nSPS) is 12.2. The molecule has 284 valence electrons. The molecule has 2 unspecified atom stereocenters. The number of benzene rings is 4. The highest BCUT2D eigenvalue weighted by atomic mass is 31.1. The van der Waals surface area contributed by atoms with E-state index in [9.17, 15) is 20.2 Å². The van der Waals surface area contributed by atoms with Gasteiger partial charge in [-0.2, -0.15) is 0 Å². The summed E-state index contributed by atoms with van der Waals surface area (Å²) in [5.74, 6) is 2.50. The van der Waals surface area contributed by atoms with E-state index < -0.39 is 33.5 Å². The van der Waals surface area contributed by atoms with E-state index in [2.05, 4.69) is 67.5 Å². The predicted molar refractivity (Wildman–Crippen MR) is 214 cm³/mol. The molecular formula is C40H50N2O9P2. The zero-order chi connectivity index (χ0) is 39.1. The summed E-state index contributed by atoms with van der Waals surface area (Å²) in [5, 5.41) is 22.8. The molecular weight excluding hydrogens is 714 g/mol. The van der Waals surface area contributed by atoms with Crippen LogP contribution >= 0.6 is 18.1 Å². The Balaban J connectivity index is 1.93. The van der Waals surface area contributed by atoms with E-state index in [0.29, 0.717) is 28.7 Å². The van der Waals surface area contributed by atoms with E-state index in [1.807, 2.05) is 26.0 Å². The number of nitro groups is 2. The van der Waals surface area contributed by atoms with Gasteiger partial charge in [0.25, 0.3) is 29.4 Å². The van der Waals surface area contributed by atoms with Crippen molar-refractivity contribution in [1.29, 1.82) is 0 Å². The Labute approximate surface area is 315 Å². The third-order valence-corrected chi connectivity index (χ3v) is 10.5. The van der Waals surface area contributed by atoms with Crippen molar-refractivity contribution >= 4 is 29.4 Å². The van der Waals surface area contributed by atoms with Gasteiger partial charge in [-0.1, -0.05) is 73.6 Å². The minimum atomic E-state index is -0.534. The van der Waals surface area contributed by atoms with Gasteiger partial charge in [0.05, 0.1) is 22.0 Å². The van der Waals surface area contributed by atoms with Crippen LogP contribution in [-0.2, 0) is 5.41 Å². The maximum Gasteiger partial charge on any atom is 0.275 e. The molecule has 53 heavy (non-hydrogen) atoms. The Hall–Kier alpha value is -4.46. The van der Waals surface area contributed by atoms with Crippen molar-refractivity contribution in [3.63, 3.8) is 0 Å². The van der Waals surface area contributed by atoms with Crippen LogP contribution in [0.2, 0.25) is 0 Å².